The van der Waals surface area contributed by atoms with E-state index in [2.05, 4.69) is 10.0 Å². The van der Waals surface area contributed by atoms with Gasteiger partial charge in [0, 0.05) is 26.3 Å². The standard InChI is InChI=1S/C13H28N2O3S/c1-18-11-6-2-4-10-15-19(16,17)12-8-13-7-3-5-9-14-13/h13-15H,2-12H2,1H3. The molecular formula is C13H28N2O3S. The molecule has 0 aromatic heterocycles. The summed E-state index contributed by atoms with van der Waals surface area (Å²) in [5.41, 5.74) is 0. The molecule has 5 nitrogen and oxygen atoms in total. The number of nitrogens with one attached hydrogen (secondary N) is 2. The van der Waals surface area contributed by atoms with Gasteiger partial charge in [0.25, 0.3) is 0 Å². The van der Waals surface area contributed by atoms with Crippen molar-refractivity contribution < 1.29 is 13.2 Å². The van der Waals surface area contributed by atoms with Gasteiger partial charge in [-0.2, -0.15) is 0 Å². The molecule has 1 fully saturated rings. The summed E-state index contributed by atoms with van der Waals surface area (Å²) in [6.07, 6.45) is 7.12. The summed E-state index contributed by atoms with van der Waals surface area (Å²) < 4.78 is 31.2. The van der Waals surface area contributed by atoms with Crippen LogP contribution in [-0.4, -0.2) is 47.0 Å². The van der Waals surface area contributed by atoms with Gasteiger partial charge in [-0.3, -0.25) is 0 Å². The molecule has 6 heteroatoms. The van der Waals surface area contributed by atoms with Gasteiger partial charge in [0.2, 0.25) is 10.0 Å². The van der Waals surface area contributed by atoms with E-state index in [0.29, 0.717) is 12.6 Å². The maximum atomic E-state index is 11.8. The predicted molar refractivity (Wildman–Crippen MR) is 77.8 cm³/mol. The molecule has 1 heterocycles. The maximum Gasteiger partial charge on any atom is 0.211 e. The zero-order valence-corrected chi connectivity index (χ0v) is 12.8. The van der Waals surface area contributed by atoms with Gasteiger partial charge in [-0.1, -0.05) is 6.42 Å². The van der Waals surface area contributed by atoms with Crippen LogP contribution in [0.15, 0.2) is 0 Å². The Bertz CT molecular complexity index is 314. The van der Waals surface area contributed by atoms with Crippen molar-refractivity contribution >= 4 is 10.0 Å². The van der Waals surface area contributed by atoms with Crippen molar-refractivity contribution in [2.24, 2.45) is 0 Å². The fourth-order valence-electron chi connectivity index (χ4n) is 2.32. The van der Waals surface area contributed by atoms with Crippen molar-refractivity contribution in [2.75, 3.05) is 32.6 Å². The summed E-state index contributed by atoms with van der Waals surface area (Å²) >= 11 is 0. The van der Waals surface area contributed by atoms with Gasteiger partial charge in [0.05, 0.1) is 5.75 Å². The molecule has 0 aliphatic carbocycles. The Labute approximate surface area is 117 Å². The van der Waals surface area contributed by atoms with Gasteiger partial charge in [-0.25, -0.2) is 13.1 Å². The van der Waals surface area contributed by atoms with Crippen LogP contribution in [0.25, 0.3) is 0 Å². The molecule has 1 aliphatic heterocycles. The number of methoxy groups -OCH3 is 1. The predicted octanol–water partition coefficient (Wildman–Crippen LogP) is 1.25. The third kappa shape index (κ3) is 8.57. The second-order valence-corrected chi connectivity index (χ2v) is 7.13. The van der Waals surface area contributed by atoms with E-state index in [0.717, 1.165) is 45.3 Å². The van der Waals surface area contributed by atoms with E-state index < -0.39 is 10.0 Å². The van der Waals surface area contributed by atoms with Gasteiger partial charge in [0.1, 0.15) is 0 Å². The van der Waals surface area contributed by atoms with Crippen molar-refractivity contribution in [2.45, 2.75) is 51.0 Å². The summed E-state index contributed by atoms with van der Waals surface area (Å²) in [5.74, 6) is 0.239. The molecule has 1 unspecified atom stereocenters. The molecule has 0 aromatic carbocycles. The Morgan fingerprint density at radius 1 is 1.26 bits per heavy atom. The summed E-state index contributed by atoms with van der Waals surface area (Å²) in [6, 6.07) is 0.382. The van der Waals surface area contributed by atoms with Crippen molar-refractivity contribution in [3.63, 3.8) is 0 Å². The van der Waals surface area contributed by atoms with E-state index >= 15 is 0 Å². The number of sulfonamides is 1. The first-order valence-corrected chi connectivity index (χ1v) is 8.99. The van der Waals surface area contributed by atoms with Gasteiger partial charge < -0.3 is 10.1 Å². The zero-order chi connectivity index (χ0) is 14.0. The normalized spacial score (nSPS) is 20.6. The van der Waals surface area contributed by atoms with Crippen LogP contribution in [0.3, 0.4) is 0 Å². The molecule has 0 radical (unpaired) electrons. The summed E-state index contributed by atoms with van der Waals surface area (Å²) in [7, 11) is -1.41. The average Bonchev–Trinajstić information content (AvgIpc) is 2.42. The molecule has 1 rings (SSSR count). The van der Waals surface area contributed by atoms with E-state index in [1.54, 1.807) is 7.11 Å². The third-order valence-corrected chi connectivity index (χ3v) is 4.91. The minimum Gasteiger partial charge on any atom is -0.385 e. The van der Waals surface area contributed by atoms with Gasteiger partial charge >= 0.3 is 0 Å². The molecule has 2 N–H and O–H groups in total. The van der Waals surface area contributed by atoms with Crippen molar-refractivity contribution in [1.29, 1.82) is 0 Å². The fraction of sp³-hybridized carbons (Fsp3) is 1.00. The Morgan fingerprint density at radius 2 is 2.11 bits per heavy atom. The summed E-state index contributed by atoms with van der Waals surface area (Å²) in [5, 5.41) is 3.38. The first kappa shape index (κ1) is 16.9. The number of piperidine rings is 1. The molecule has 0 amide bonds. The number of hydrogen-bond acceptors (Lipinski definition) is 4. The molecule has 19 heavy (non-hydrogen) atoms. The monoisotopic (exact) mass is 292 g/mol. The van der Waals surface area contributed by atoms with Gasteiger partial charge in [-0.15, -0.1) is 0 Å². The smallest absolute Gasteiger partial charge is 0.211 e. The van der Waals surface area contributed by atoms with Crippen molar-refractivity contribution in [3.05, 3.63) is 0 Å². The topological polar surface area (TPSA) is 67.4 Å². The van der Waals surface area contributed by atoms with Crippen LogP contribution in [0.4, 0.5) is 0 Å². The third-order valence-electron chi connectivity index (χ3n) is 3.49. The number of rotatable bonds is 10. The first-order valence-electron chi connectivity index (χ1n) is 7.34. The van der Waals surface area contributed by atoms with E-state index in [9.17, 15) is 8.42 Å². The van der Waals surface area contributed by atoms with Crippen molar-refractivity contribution in [1.82, 2.24) is 10.0 Å². The molecule has 1 saturated heterocycles. The van der Waals surface area contributed by atoms with Gasteiger partial charge in [-0.05, 0) is 45.1 Å². The zero-order valence-electron chi connectivity index (χ0n) is 12.0. The van der Waals surface area contributed by atoms with E-state index in [4.69, 9.17) is 4.74 Å². The lowest BCUT2D eigenvalue weighted by Gasteiger charge is -2.23. The molecule has 1 atom stereocenters. The Hall–Kier alpha value is -0.170. The van der Waals surface area contributed by atoms with Crippen LogP contribution in [0.1, 0.15) is 44.9 Å². The highest BCUT2D eigenvalue weighted by Crippen LogP contribution is 2.10. The Morgan fingerprint density at radius 3 is 2.79 bits per heavy atom. The van der Waals surface area contributed by atoms with Crippen LogP contribution < -0.4 is 10.0 Å². The lowest BCUT2D eigenvalue weighted by atomic mass is 10.0. The lowest BCUT2D eigenvalue weighted by Crippen LogP contribution is -2.37. The largest absolute Gasteiger partial charge is 0.385 e. The minimum atomic E-state index is -3.09. The van der Waals surface area contributed by atoms with Crippen LogP contribution in [-0.2, 0) is 14.8 Å². The molecule has 0 bridgehead atoms. The molecule has 0 aromatic rings. The number of ether oxygens (including phenoxy) is 1. The molecular weight excluding hydrogens is 264 g/mol. The van der Waals surface area contributed by atoms with Gasteiger partial charge in [0.15, 0.2) is 0 Å². The first-order chi connectivity index (χ1) is 9.14. The molecule has 0 spiro atoms. The van der Waals surface area contributed by atoms with E-state index in [-0.39, 0.29) is 5.75 Å². The summed E-state index contributed by atoms with van der Waals surface area (Å²) in [6.45, 7) is 2.32. The van der Waals surface area contributed by atoms with E-state index in [1.165, 1.54) is 12.8 Å². The molecule has 1 aliphatic rings. The summed E-state index contributed by atoms with van der Waals surface area (Å²) in [4.78, 5) is 0. The van der Waals surface area contributed by atoms with Crippen LogP contribution in [0.5, 0.6) is 0 Å². The number of unbranched alkanes of at least 4 members (excludes halogenated alkanes) is 2. The number of hydrogen-bond donors (Lipinski definition) is 2. The minimum absolute atomic E-state index is 0.239. The van der Waals surface area contributed by atoms with Crippen LogP contribution >= 0.6 is 0 Å². The Kier molecular flexibility index (Phi) is 8.61. The second-order valence-electron chi connectivity index (χ2n) is 5.20. The Balaban J connectivity index is 2.06. The second kappa shape index (κ2) is 9.69. The highest BCUT2D eigenvalue weighted by atomic mass is 32.2. The van der Waals surface area contributed by atoms with E-state index in [1.807, 2.05) is 0 Å². The maximum absolute atomic E-state index is 11.8. The SMILES string of the molecule is COCCCCCNS(=O)(=O)CCC1CCCCN1. The quantitative estimate of drug-likeness (QED) is 0.595. The highest BCUT2D eigenvalue weighted by molar-refractivity contribution is 7.89. The molecule has 0 saturated carbocycles. The lowest BCUT2D eigenvalue weighted by molar-refractivity contribution is 0.192. The average molecular weight is 292 g/mol. The molecule has 114 valence electrons. The van der Waals surface area contributed by atoms with Crippen LogP contribution in [0, 0.1) is 0 Å². The highest BCUT2D eigenvalue weighted by Gasteiger charge is 2.16. The van der Waals surface area contributed by atoms with Crippen molar-refractivity contribution in [3.8, 4) is 0 Å². The fourth-order valence-corrected chi connectivity index (χ4v) is 3.51. The van der Waals surface area contributed by atoms with Crippen LogP contribution in [0.2, 0.25) is 0 Å².